The molecule has 2 aromatic rings. The third-order valence-electron chi connectivity index (χ3n) is 4.35. The van der Waals surface area contributed by atoms with Gasteiger partial charge in [0.2, 0.25) is 0 Å². The van der Waals surface area contributed by atoms with Crippen LogP contribution >= 0.6 is 11.3 Å². The number of hydrogen-bond acceptors (Lipinski definition) is 5. The number of ether oxygens (including phenoxy) is 1. The number of hydrogen-bond donors (Lipinski definition) is 0. The van der Waals surface area contributed by atoms with E-state index in [1.165, 1.54) is 0 Å². The van der Waals surface area contributed by atoms with Gasteiger partial charge >= 0.3 is 0 Å². The van der Waals surface area contributed by atoms with E-state index in [4.69, 9.17) is 4.74 Å². The fourth-order valence-corrected chi connectivity index (χ4v) is 3.62. The van der Waals surface area contributed by atoms with Crippen molar-refractivity contribution in [1.82, 2.24) is 19.4 Å². The number of aromatic nitrogens is 2. The van der Waals surface area contributed by atoms with Gasteiger partial charge in [0.1, 0.15) is 5.82 Å². The summed E-state index contributed by atoms with van der Waals surface area (Å²) < 4.78 is 7.29. The van der Waals surface area contributed by atoms with Crippen molar-refractivity contribution < 1.29 is 9.53 Å². The van der Waals surface area contributed by atoms with Crippen molar-refractivity contribution in [2.75, 3.05) is 39.9 Å². The number of amides is 1. The monoisotopic (exact) mass is 348 g/mol. The van der Waals surface area contributed by atoms with Gasteiger partial charge in [-0.1, -0.05) is 0 Å². The number of carbonyl (C=O) groups excluding carboxylic acids is 1. The van der Waals surface area contributed by atoms with Gasteiger partial charge in [0, 0.05) is 57.6 Å². The molecule has 1 aliphatic heterocycles. The van der Waals surface area contributed by atoms with E-state index in [1.54, 1.807) is 18.4 Å². The van der Waals surface area contributed by atoms with Gasteiger partial charge in [-0.2, -0.15) is 11.3 Å². The third-order valence-corrected chi connectivity index (χ3v) is 5.03. The quantitative estimate of drug-likeness (QED) is 0.801. The molecular formula is C17H24N4O2S. The summed E-state index contributed by atoms with van der Waals surface area (Å²) in [6, 6.07) is 1.91. The summed E-state index contributed by atoms with van der Waals surface area (Å²) in [4.78, 5) is 21.3. The van der Waals surface area contributed by atoms with Crippen LogP contribution in [-0.4, -0.2) is 65.2 Å². The van der Waals surface area contributed by atoms with Crippen molar-refractivity contribution in [3.8, 4) is 0 Å². The molecule has 130 valence electrons. The van der Waals surface area contributed by atoms with Crippen molar-refractivity contribution in [2.24, 2.45) is 0 Å². The Hall–Kier alpha value is -1.70. The maximum atomic E-state index is 12.5. The van der Waals surface area contributed by atoms with Crippen molar-refractivity contribution >= 4 is 17.2 Å². The average molecular weight is 348 g/mol. The Morgan fingerprint density at radius 2 is 2.25 bits per heavy atom. The van der Waals surface area contributed by atoms with Crippen LogP contribution in [0.15, 0.2) is 29.2 Å². The van der Waals surface area contributed by atoms with Crippen LogP contribution in [0.3, 0.4) is 0 Å². The fourth-order valence-electron chi connectivity index (χ4n) is 2.99. The number of nitrogens with zero attached hydrogens (tertiary/aromatic N) is 4. The molecule has 24 heavy (non-hydrogen) atoms. The molecule has 0 spiro atoms. The Labute approximate surface area is 146 Å². The minimum atomic E-state index is 0.152. The van der Waals surface area contributed by atoms with E-state index in [9.17, 15) is 4.79 Å². The first-order valence-corrected chi connectivity index (χ1v) is 9.25. The molecule has 1 amide bonds. The predicted octanol–water partition coefficient (Wildman–Crippen LogP) is 1.94. The zero-order chi connectivity index (χ0) is 16.8. The molecule has 0 bridgehead atoms. The molecule has 1 fully saturated rings. The molecule has 1 saturated heterocycles. The van der Waals surface area contributed by atoms with Gasteiger partial charge in [-0.05, 0) is 17.9 Å². The van der Waals surface area contributed by atoms with Gasteiger partial charge in [0.15, 0.2) is 0 Å². The Morgan fingerprint density at radius 3 is 3.04 bits per heavy atom. The summed E-state index contributed by atoms with van der Waals surface area (Å²) in [5.41, 5.74) is 0.809. The van der Waals surface area contributed by atoms with Crippen molar-refractivity contribution in [1.29, 1.82) is 0 Å². The lowest BCUT2D eigenvalue weighted by molar-refractivity contribution is 0.0761. The smallest absolute Gasteiger partial charge is 0.254 e. The number of rotatable bonds is 6. The van der Waals surface area contributed by atoms with Crippen LogP contribution in [0.2, 0.25) is 0 Å². The molecule has 3 rings (SSSR count). The lowest BCUT2D eigenvalue weighted by Crippen LogP contribution is -2.35. The summed E-state index contributed by atoms with van der Waals surface area (Å²) in [5, 5.41) is 3.88. The maximum Gasteiger partial charge on any atom is 0.254 e. The van der Waals surface area contributed by atoms with Crippen LogP contribution in [0.25, 0.3) is 0 Å². The molecule has 6 nitrogen and oxygen atoms in total. The molecular weight excluding hydrogens is 324 g/mol. The standard InChI is InChI=1S/C17H24N4O2S/c1-23-11-10-20-7-4-18-16(20)13-19-5-2-6-21(9-8-19)17(22)15-3-12-24-14-15/h3-4,7,12,14H,2,5-6,8-11,13H2,1H3. The molecule has 3 heterocycles. The van der Waals surface area contributed by atoms with E-state index >= 15 is 0 Å². The second-order valence-corrected chi connectivity index (χ2v) is 6.74. The van der Waals surface area contributed by atoms with E-state index in [-0.39, 0.29) is 5.91 Å². The summed E-state index contributed by atoms with van der Waals surface area (Å²) in [7, 11) is 1.71. The molecule has 1 aliphatic rings. The van der Waals surface area contributed by atoms with Gasteiger partial charge in [0.05, 0.1) is 18.7 Å². The second kappa shape index (κ2) is 8.41. The Balaban J connectivity index is 1.56. The van der Waals surface area contributed by atoms with Gasteiger partial charge < -0.3 is 14.2 Å². The number of carbonyl (C=O) groups is 1. The lowest BCUT2D eigenvalue weighted by Gasteiger charge is -2.22. The maximum absolute atomic E-state index is 12.5. The third kappa shape index (κ3) is 4.23. The van der Waals surface area contributed by atoms with E-state index < -0.39 is 0 Å². The molecule has 0 N–H and O–H groups in total. The number of imidazole rings is 1. The number of thiophene rings is 1. The van der Waals surface area contributed by atoms with Crippen LogP contribution in [0, 0.1) is 0 Å². The van der Waals surface area contributed by atoms with Crippen LogP contribution in [0.4, 0.5) is 0 Å². The zero-order valence-corrected chi connectivity index (χ0v) is 14.9. The highest BCUT2D eigenvalue weighted by Gasteiger charge is 2.21. The molecule has 0 atom stereocenters. The van der Waals surface area contributed by atoms with Gasteiger partial charge in [-0.25, -0.2) is 4.98 Å². The SMILES string of the molecule is COCCn1ccnc1CN1CCCN(C(=O)c2ccsc2)CC1. The van der Waals surface area contributed by atoms with E-state index in [0.29, 0.717) is 6.61 Å². The fraction of sp³-hybridized carbons (Fsp3) is 0.529. The first kappa shape index (κ1) is 17.1. The summed E-state index contributed by atoms with van der Waals surface area (Å²) in [6.07, 6.45) is 4.84. The first-order valence-electron chi connectivity index (χ1n) is 8.30. The highest BCUT2D eigenvalue weighted by atomic mass is 32.1. The van der Waals surface area contributed by atoms with E-state index in [1.807, 2.05) is 34.1 Å². The van der Waals surface area contributed by atoms with Crippen molar-refractivity contribution in [3.63, 3.8) is 0 Å². The summed E-state index contributed by atoms with van der Waals surface area (Å²) in [5.74, 6) is 1.21. The van der Waals surface area contributed by atoms with E-state index in [0.717, 1.165) is 57.1 Å². The van der Waals surface area contributed by atoms with Gasteiger partial charge in [-0.15, -0.1) is 0 Å². The lowest BCUT2D eigenvalue weighted by atomic mass is 10.3. The van der Waals surface area contributed by atoms with Crippen LogP contribution in [0.1, 0.15) is 22.6 Å². The van der Waals surface area contributed by atoms with Crippen LogP contribution < -0.4 is 0 Å². The Bertz CT molecular complexity index is 641. The molecule has 2 aromatic heterocycles. The summed E-state index contributed by atoms with van der Waals surface area (Å²) >= 11 is 1.57. The van der Waals surface area contributed by atoms with Crippen LogP contribution in [0.5, 0.6) is 0 Å². The minimum Gasteiger partial charge on any atom is -0.383 e. The number of methoxy groups -OCH3 is 1. The molecule has 0 aliphatic carbocycles. The predicted molar refractivity (Wildman–Crippen MR) is 94.2 cm³/mol. The average Bonchev–Trinajstić information content (AvgIpc) is 3.21. The van der Waals surface area contributed by atoms with E-state index in [2.05, 4.69) is 14.5 Å². The molecule has 7 heteroatoms. The largest absolute Gasteiger partial charge is 0.383 e. The molecule has 0 saturated carbocycles. The zero-order valence-electron chi connectivity index (χ0n) is 14.1. The van der Waals surface area contributed by atoms with Crippen molar-refractivity contribution in [2.45, 2.75) is 19.5 Å². The molecule has 0 unspecified atom stereocenters. The topological polar surface area (TPSA) is 50.6 Å². The first-order chi connectivity index (χ1) is 11.8. The Kier molecular flexibility index (Phi) is 6.01. The highest BCUT2D eigenvalue weighted by molar-refractivity contribution is 7.08. The normalized spacial score (nSPS) is 16.3. The van der Waals surface area contributed by atoms with Gasteiger partial charge in [0.25, 0.3) is 5.91 Å². The second-order valence-electron chi connectivity index (χ2n) is 5.96. The van der Waals surface area contributed by atoms with Gasteiger partial charge in [-0.3, -0.25) is 9.69 Å². The summed E-state index contributed by atoms with van der Waals surface area (Å²) in [6.45, 7) is 5.79. The highest BCUT2D eigenvalue weighted by Crippen LogP contribution is 2.13. The molecule has 0 radical (unpaired) electrons. The Morgan fingerprint density at radius 1 is 1.33 bits per heavy atom. The van der Waals surface area contributed by atoms with Crippen LogP contribution in [-0.2, 0) is 17.8 Å². The van der Waals surface area contributed by atoms with Crippen molar-refractivity contribution in [3.05, 3.63) is 40.6 Å². The molecule has 0 aromatic carbocycles. The minimum absolute atomic E-state index is 0.152.